The van der Waals surface area contributed by atoms with Gasteiger partial charge in [-0.3, -0.25) is 9.36 Å². The second kappa shape index (κ2) is 7.60. The maximum atomic E-state index is 13.3. The van der Waals surface area contributed by atoms with Gasteiger partial charge in [0.25, 0.3) is 0 Å². The molecular formula is C22H17F2N3O. The zero-order valence-corrected chi connectivity index (χ0v) is 14.9. The highest BCUT2D eigenvalue weighted by Crippen LogP contribution is 2.22. The normalized spacial score (nSPS) is 10.9. The second-order valence-electron chi connectivity index (χ2n) is 6.36. The third-order valence-corrected chi connectivity index (χ3v) is 4.42. The summed E-state index contributed by atoms with van der Waals surface area (Å²) in [6.45, 7) is 0. The van der Waals surface area contributed by atoms with Gasteiger partial charge < -0.3 is 5.32 Å². The molecule has 0 atom stereocenters. The lowest BCUT2D eigenvalue weighted by atomic mass is 10.2. The van der Waals surface area contributed by atoms with Crippen LogP contribution in [-0.4, -0.2) is 15.5 Å². The summed E-state index contributed by atoms with van der Waals surface area (Å²) in [6, 6.07) is 20.9. The van der Waals surface area contributed by atoms with Gasteiger partial charge in [-0.05, 0) is 36.4 Å². The van der Waals surface area contributed by atoms with Crippen molar-refractivity contribution in [2.45, 2.75) is 12.8 Å². The van der Waals surface area contributed by atoms with Crippen molar-refractivity contribution in [1.29, 1.82) is 0 Å². The van der Waals surface area contributed by atoms with Crippen LogP contribution in [0.25, 0.3) is 16.7 Å². The van der Waals surface area contributed by atoms with Crippen LogP contribution < -0.4 is 5.32 Å². The van der Waals surface area contributed by atoms with Gasteiger partial charge in [-0.25, -0.2) is 13.8 Å². The number of halogens is 2. The molecule has 4 nitrogen and oxygen atoms in total. The minimum atomic E-state index is -0.997. The molecule has 0 saturated carbocycles. The van der Waals surface area contributed by atoms with Crippen LogP contribution in [0.4, 0.5) is 14.5 Å². The largest absolute Gasteiger partial charge is 0.326 e. The molecule has 0 bridgehead atoms. The van der Waals surface area contributed by atoms with Crippen LogP contribution in [0.3, 0.4) is 0 Å². The van der Waals surface area contributed by atoms with Crippen molar-refractivity contribution in [2.24, 2.45) is 0 Å². The Morgan fingerprint density at radius 3 is 2.46 bits per heavy atom. The van der Waals surface area contributed by atoms with Crippen molar-refractivity contribution in [3.63, 3.8) is 0 Å². The molecule has 4 rings (SSSR count). The number of anilines is 1. The molecule has 0 radical (unpaired) electrons. The van der Waals surface area contributed by atoms with Crippen LogP contribution in [0, 0.1) is 11.6 Å². The molecular weight excluding hydrogens is 360 g/mol. The smallest absolute Gasteiger partial charge is 0.224 e. The predicted molar refractivity (Wildman–Crippen MR) is 104 cm³/mol. The van der Waals surface area contributed by atoms with Crippen LogP contribution in [0.5, 0.6) is 0 Å². The highest BCUT2D eigenvalue weighted by molar-refractivity contribution is 5.90. The van der Waals surface area contributed by atoms with E-state index in [0.29, 0.717) is 6.42 Å². The summed E-state index contributed by atoms with van der Waals surface area (Å²) in [7, 11) is 0. The van der Waals surface area contributed by atoms with Crippen molar-refractivity contribution >= 4 is 22.6 Å². The second-order valence-corrected chi connectivity index (χ2v) is 6.36. The van der Waals surface area contributed by atoms with E-state index in [-0.39, 0.29) is 18.0 Å². The van der Waals surface area contributed by atoms with E-state index in [1.807, 2.05) is 59.2 Å². The molecule has 1 aromatic heterocycles. The van der Waals surface area contributed by atoms with Crippen molar-refractivity contribution in [3.8, 4) is 5.69 Å². The Balaban J connectivity index is 1.56. The Labute approximate surface area is 160 Å². The topological polar surface area (TPSA) is 46.9 Å². The van der Waals surface area contributed by atoms with Crippen LogP contribution in [0.2, 0.25) is 0 Å². The lowest BCUT2D eigenvalue weighted by Gasteiger charge is -2.10. The number of amides is 1. The van der Waals surface area contributed by atoms with E-state index in [1.54, 1.807) is 0 Å². The Kier molecular flexibility index (Phi) is 4.85. The summed E-state index contributed by atoms with van der Waals surface area (Å²) in [4.78, 5) is 16.9. The molecule has 0 aliphatic heterocycles. The fourth-order valence-electron chi connectivity index (χ4n) is 3.13. The fraction of sp³-hybridized carbons (Fsp3) is 0.0909. The van der Waals surface area contributed by atoms with E-state index in [1.165, 1.54) is 6.07 Å². The number of para-hydroxylation sites is 3. The summed E-state index contributed by atoms with van der Waals surface area (Å²) in [5.74, 6) is -1.48. The van der Waals surface area contributed by atoms with Crippen molar-refractivity contribution in [3.05, 3.63) is 90.3 Å². The first kappa shape index (κ1) is 17.9. The van der Waals surface area contributed by atoms with E-state index < -0.39 is 11.6 Å². The maximum Gasteiger partial charge on any atom is 0.224 e. The average Bonchev–Trinajstić information content (AvgIpc) is 3.08. The molecule has 1 N–H and O–H groups in total. The molecule has 0 spiro atoms. The Bertz CT molecular complexity index is 1140. The van der Waals surface area contributed by atoms with Crippen LogP contribution in [-0.2, 0) is 11.2 Å². The number of benzene rings is 3. The summed E-state index contributed by atoms with van der Waals surface area (Å²) < 4.78 is 28.3. The van der Waals surface area contributed by atoms with Gasteiger partial charge in [-0.15, -0.1) is 0 Å². The van der Waals surface area contributed by atoms with Crippen molar-refractivity contribution in [2.75, 3.05) is 5.32 Å². The summed E-state index contributed by atoms with van der Waals surface area (Å²) >= 11 is 0. The number of aromatic nitrogens is 2. The Hall–Kier alpha value is -3.54. The quantitative estimate of drug-likeness (QED) is 0.539. The zero-order chi connectivity index (χ0) is 19.5. The standard InChI is InChI=1S/C22H17F2N3O/c23-17-11-10-15(14-18(17)24)25-22(28)13-12-21-26-19-8-4-5-9-20(19)27(21)16-6-2-1-3-7-16/h1-11,14H,12-13H2,(H,25,28). The van der Waals surface area contributed by atoms with Gasteiger partial charge in [-0.1, -0.05) is 30.3 Å². The molecule has 0 aliphatic rings. The third-order valence-electron chi connectivity index (χ3n) is 4.42. The molecule has 0 aliphatic carbocycles. The van der Waals surface area contributed by atoms with Gasteiger partial charge in [0.2, 0.25) is 5.91 Å². The number of hydrogen-bond acceptors (Lipinski definition) is 2. The summed E-state index contributed by atoms with van der Waals surface area (Å²) in [5.41, 5.74) is 3.00. The van der Waals surface area contributed by atoms with E-state index in [4.69, 9.17) is 0 Å². The van der Waals surface area contributed by atoms with Crippen molar-refractivity contribution in [1.82, 2.24) is 9.55 Å². The molecule has 3 aromatic carbocycles. The molecule has 1 amide bonds. The minimum Gasteiger partial charge on any atom is -0.326 e. The SMILES string of the molecule is O=C(CCc1nc2ccccc2n1-c1ccccc1)Nc1ccc(F)c(F)c1. The third kappa shape index (κ3) is 3.62. The van der Waals surface area contributed by atoms with Crippen LogP contribution in [0.15, 0.2) is 72.8 Å². The zero-order valence-electron chi connectivity index (χ0n) is 14.9. The minimum absolute atomic E-state index is 0.162. The van der Waals surface area contributed by atoms with Gasteiger partial charge in [0, 0.05) is 30.3 Å². The van der Waals surface area contributed by atoms with Gasteiger partial charge in [0.15, 0.2) is 11.6 Å². The number of imidazole rings is 1. The average molecular weight is 377 g/mol. The van der Waals surface area contributed by atoms with Crippen molar-refractivity contribution < 1.29 is 13.6 Å². The number of carbonyl (C=O) groups excluding carboxylic acids is 1. The number of hydrogen-bond donors (Lipinski definition) is 1. The first-order valence-electron chi connectivity index (χ1n) is 8.88. The van der Waals surface area contributed by atoms with Crippen LogP contribution >= 0.6 is 0 Å². The number of nitrogens with one attached hydrogen (secondary N) is 1. The Morgan fingerprint density at radius 1 is 0.929 bits per heavy atom. The number of fused-ring (bicyclic) bond motifs is 1. The van der Waals surface area contributed by atoms with E-state index >= 15 is 0 Å². The fourth-order valence-corrected chi connectivity index (χ4v) is 3.13. The number of aryl methyl sites for hydroxylation is 1. The van der Waals surface area contributed by atoms with E-state index in [0.717, 1.165) is 34.7 Å². The lowest BCUT2D eigenvalue weighted by Crippen LogP contribution is -2.14. The molecule has 0 fully saturated rings. The highest BCUT2D eigenvalue weighted by atomic mass is 19.2. The number of carbonyl (C=O) groups is 1. The van der Waals surface area contributed by atoms with Gasteiger partial charge in [0.05, 0.1) is 11.0 Å². The maximum absolute atomic E-state index is 13.3. The van der Waals surface area contributed by atoms with E-state index in [2.05, 4.69) is 10.3 Å². The van der Waals surface area contributed by atoms with Crippen LogP contribution in [0.1, 0.15) is 12.2 Å². The molecule has 6 heteroatoms. The summed E-state index contributed by atoms with van der Waals surface area (Å²) in [5, 5.41) is 2.59. The molecule has 4 aromatic rings. The number of nitrogens with zero attached hydrogens (tertiary/aromatic N) is 2. The summed E-state index contributed by atoms with van der Waals surface area (Å²) in [6.07, 6.45) is 0.564. The monoisotopic (exact) mass is 377 g/mol. The molecule has 1 heterocycles. The number of rotatable bonds is 5. The molecule has 0 unspecified atom stereocenters. The first-order valence-corrected chi connectivity index (χ1v) is 8.88. The Morgan fingerprint density at radius 2 is 1.68 bits per heavy atom. The highest BCUT2D eigenvalue weighted by Gasteiger charge is 2.14. The van der Waals surface area contributed by atoms with Gasteiger partial charge >= 0.3 is 0 Å². The molecule has 140 valence electrons. The van der Waals surface area contributed by atoms with Gasteiger partial charge in [-0.2, -0.15) is 0 Å². The molecule has 0 saturated heterocycles. The van der Waals surface area contributed by atoms with Gasteiger partial charge in [0.1, 0.15) is 5.82 Å². The van der Waals surface area contributed by atoms with E-state index in [9.17, 15) is 13.6 Å². The first-order chi connectivity index (χ1) is 13.6. The lowest BCUT2D eigenvalue weighted by molar-refractivity contribution is -0.116. The molecule has 28 heavy (non-hydrogen) atoms. The predicted octanol–water partition coefficient (Wildman–Crippen LogP) is 4.88.